The molecule has 1 aromatic rings. The Morgan fingerprint density at radius 1 is 1.04 bits per heavy atom. The van der Waals surface area contributed by atoms with E-state index in [2.05, 4.69) is 5.32 Å². The van der Waals surface area contributed by atoms with Gasteiger partial charge >= 0.3 is 11.9 Å². The Morgan fingerprint density at radius 3 is 2.22 bits per heavy atom. The summed E-state index contributed by atoms with van der Waals surface area (Å²) < 4.78 is 10.4. The second kappa shape index (κ2) is 9.61. The van der Waals surface area contributed by atoms with Crippen molar-refractivity contribution in [2.24, 2.45) is 0 Å². The maximum atomic E-state index is 12.3. The summed E-state index contributed by atoms with van der Waals surface area (Å²) in [6.07, 6.45) is -0.557. The topological polar surface area (TPSA) is 81.7 Å². The Morgan fingerprint density at radius 2 is 1.70 bits per heavy atom. The van der Waals surface area contributed by atoms with Crippen molar-refractivity contribution in [3.63, 3.8) is 0 Å². The van der Waals surface area contributed by atoms with E-state index < -0.39 is 24.1 Å². The van der Waals surface area contributed by atoms with Crippen LogP contribution in [0.25, 0.3) is 0 Å². The first-order valence-corrected chi connectivity index (χ1v) is 7.73. The SMILES string of the molecule is CCOC(=O)[C@H](NC(=O)CC)[C@@H](OC(=O)CC)c1ccccc1. The zero-order valence-corrected chi connectivity index (χ0v) is 13.7. The number of ether oxygens (including phenoxy) is 2. The minimum Gasteiger partial charge on any atom is -0.464 e. The van der Waals surface area contributed by atoms with Gasteiger partial charge in [-0.3, -0.25) is 9.59 Å². The molecule has 1 rings (SSSR count). The van der Waals surface area contributed by atoms with Gasteiger partial charge in [0.2, 0.25) is 5.91 Å². The third-order valence-electron chi connectivity index (χ3n) is 3.16. The highest BCUT2D eigenvalue weighted by Crippen LogP contribution is 2.23. The van der Waals surface area contributed by atoms with E-state index in [1.54, 1.807) is 45.0 Å². The van der Waals surface area contributed by atoms with Crippen LogP contribution >= 0.6 is 0 Å². The van der Waals surface area contributed by atoms with Crippen LogP contribution in [0.4, 0.5) is 0 Å². The summed E-state index contributed by atoms with van der Waals surface area (Å²) in [5, 5.41) is 2.59. The quantitative estimate of drug-likeness (QED) is 0.742. The van der Waals surface area contributed by atoms with Crippen LogP contribution in [0.2, 0.25) is 0 Å². The fourth-order valence-electron chi connectivity index (χ4n) is 1.96. The summed E-state index contributed by atoms with van der Waals surface area (Å²) in [4.78, 5) is 35.8. The molecule has 0 saturated carbocycles. The molecule has 0 saturated heterocycles. The third kappa shape index (κ3) is 5.73. The average Bonchev–Trinajstić information content (AvgIpc) is 2.58. The zero-order chi connectivity index (χ0) is 17.2. The summed E-state index contributed by atoms with van der Waals surface area (Å²) in [6, 6.07) is 7.74. The normalized spacial score (nSPS) is 12.8. The van der Waals surface area contributed by atoms with Gasteiger partial charge in [-0.2, -0.15) is 0 Å². The molecule has 0 aliphatic rings. The van der Waals surface area contributed by atoms with Crippen LogP contribution in [0, 0.1) is 0 Å². The predicted octanol–water partition coefficient (Wildman–Crippen LogP) is 2.14. The standard InChI is InChI=1S/C17H23NO5/c1-4-13(19)18-15(17(21)22-6-3)16(23-14(20)5-2)12-10-8-7-9-11-12/h7-11,15-16H,4-6H2,1-3H3,(H,18,19)/t15-,16+/m1/s1. The minimum absolute atomic E-state index is 0.167. The van der Waals surface area contributed by atoms with Crippen LogP contribution in [-0.2, 0) is 23.9 Å². The maximum Gasteiger partial charge on any atom is 0.332 e. The molecule has 0 aliphatic heterocycles. The Kier molecular flexibility index (Phi) is 7.80. The lowest BCUT2D eigenvalue weighted by Crippen LogP contribution is -2.47. The summed E-state index contributed by atoms with van der Waals surface area (Å²) in [6.45, 7) is 5.17. The van der Waals surface area contributed by atoms with Crippen molar-refractivity contribution >= 4 is 17.8 Å². The molecule has 1 N–H and O–H groups in total. The molecule has 0 bridgehead atoms. The molecule has 0 radical (unpaired) electrons. The van der Waals surface area contributed by atoms with Gasteiger partial charge in [-0.05, 0) is 12.5 Å². The molecule has 1 amide bonds. The Balaban J connectivity index is 3.16. The summed E-state index contributed by atoms with van der Waals surface area (Å²) in [7, 11) is 0. The van der Waals surface area contributed by atoms with Gasteiger partial charge in [-0.25, -0.2) is 4.79 Å². The summed E-state index contributed by atoms with van der Waals surface area (Å²) in [5.41, 5.74) is 0.615. The van der Waals surface area contributed by atoms with Crippen LogP contribution in [0.15, 0.2) is 30.3 Å². The van der Waals surface area contributed by atoms with Crippen LogP contribution in [0.5, 0.6) is 0 Å². The van der Waals surface area contributed by atoms with Gasteiger partial charge in [0.05, 0.1) is 6.61 Å². The molecule has 0 fully saturated rings. The second-order valence-corrected chi connectivity index (χ2v) is 4.83. The lowest BCUT2D eigenvalue weighted by Gasteiger charge is -2.26. The Bertz CT molecular complexity index is 529. The molecule has 126 valence electrons. The fourth-order valence-corrected chi connectivity index (χ4v) is 1.96. The summed E-state index contributed by atoms with van der Waals surface area (Å²) >= 11 is 0. The van der Waals surface area contributed by atoms with Crippen LogP contribution < -0.4 is 5.32 Å². The van der Waals surface area contributed by atoms with E-state index in [1.807, 2.05) is 6.07 Å². The number of carbonyl (C=O) groups is 3. The largest absolute Gasteiger partial charge is 0.464 e. The van der Waals surface area contributed by atoms with Crippen molar-refractivity contribution in [1.82, 2.24) is 5.32 Å². The molecule has 1 aromatic carbocycles. The van der Waals surface area contributed by atoms with E-state index in [0.29, 0.717) is 5.56 Å². The molecule has 23 heavy (non-hydrogen) atoms. The van der Waals surface area contributed by atoms with Gasteiger partial charge in [-0.1, -0.05) is 44.2 Å². The van der Waals surface area contributed by atoms with Crippen LogP contribution in [0.3, 0.4) is 0 Å². The molecule has 0 aliphatic carbocycles. The number of carbonyl (C=O) groups excluding carboxylic acids is 3. The van der Waals surface area contributed by atoms with Crippen molar-refractivity contribution < 1.29 is 23.9 Å². The molecule has 0 spiro atoms. The second-order valence-electron chi connectivity index (χ2n) is 4.83. The first-order chi connectivity index (χ1) is 11.0. The number of benzene rings is 1. The van der Waals surface area contributed by atoms with E-state index in [1.165, 1.54) is 0 Å². The van der Waals surface area contributed by atoms with Crippen LogP contribution in [-0.4, -0.2) is 30.5 Å². The molecule has 6 nitrogen and oxygen atoms in total. The molecule has 0 heterocycles. The molecular weight excluding hydrogens is 298 g/mol. The van der Waals surface area contributed by atoms with Gasteiger partial charge in [-0.15, -0.1) is 0 Å². The van der Waals surface area contributed by atoms with E-state index in [4.69, 9.17) is 9.47 Å². The first kappa shape index (κ1) is 18.7. The average molecular weight is 321 g/mol. The predicted molar refractivity (Wildman–Crippen MR) is 84.4 cm³/mol. The van der Waals surface area contributed by atoms with E-state index in [9.17, 15) is 14.4 Å². The lowest BCUT2D eigenvalue weighted by atomic mass is 10.0. The number of nitrogens with one attached hydrogen (secondary N) is 1. The first-order valence-electron chi connectivity index (χ1n) is 7.73. The number of rotatable bonds is 8. The van der Waals surface area contributed by atoms with E-state index >= 15 is 0 Å². The van der Waals surface area contributed by atoms with Gasteiger partial charge in [0.1, 0.15) is 0 Å². The van der Waals surface area contributed by atoms with Crippen molar-refractivity contribution in [2.75, 3.05) is 6.61 Å². The van der Waals surface area contributed by atoms with Gasteiger partial charge in [0.15, 0.2) is 12.1 Å². The molecule has 2 atom stereocenters. The zero-order valence-electron chi connectivity index (χ0n) is 13.7. The van der Waals surface area contributed by atoms with Crippen molar-refractivity contribution in [3.8, 4) is 0 Å². The Labute approximate surface area is 136 Å². The highest BCUT2D eigenvalue weighted by molar-refractivity contribution is 5.85. The molecule has 0 unspecified atom stereocenters. The maximum absolute atomic E-state index is 12.3. The number of hydrogen-bond donors (Lipinski definition) is 1. The Hall–Kier alpha value is -2.37. The number of hydrogen-bond acceptors (Lipinski definition) is 5. The molecule has 6 heteroatoms. The third-order valence-corrected chi connectivity index (χ3v) is 3.16. The number of amides is 1. The monoisotopic (exact) mass is 321 g/mol. The smallest absolute Gasteiger partial charge is 0.332 e. The van der Waals surface area contributed by atoms with Crippen molar-refractivity contribution in [1.29, 1.82) is 0 Å². The van der Waals surface area contributed by atoms with E-state index in [-0.39, 0.29) is 25.4 Å². The minimum atomic E-state index is -1.08. The van der Waals surface area contributed by atoms with E-state index in [0.717, 1.165) is 0 Å². The molecule has 0 aromatic heterocycles. The summed E-state index contributed by atoms with van der Waals surface area (Å²) in [5.74, 6) is -1.41. The van der Waals surface area contributed by atoms with Gasteiger partial charge in [0.25, 0.3) is 0 Å². The highest BCUT2D eigenvalue weighted by atomic mass is 16.6. The van der Waals surface area contributed by atoms with Gasteiger partial charge < -0.3 is 14.8 Å². The van der Waals surface area contributed by atoms with Crippen molar-refractivity contribution in [2.45, 2.75) is 45.8 Å². The van der Waals surface area contributed by atoms with Gasteiger partial charge in [0, 0.05) is 12.8 Å². The van der Waals surface area contributed by atoms with Crippen molar-refractivity contribution in [3.05, 3.63) is 35.9 Å². The van der Waals surface area contributed by atoms with Crippen LogP contribution in [0.1, 0.15) is 45.3 Å². The fraction of sp³-hybridized carbons (Fsp3) is 0.471. The lowest BCUT2D eigenvalue weighted by molar-refractivity contribution is -0.160. The molecular formula is C17H23NO5. The number of esters is 2. The highest BCUT2D eigenvalue weighted by Gasteiger charge is 2.34.